The van der Waals surface area contributed by atoms with Gasteiger partial charge in [0.1, 0.15) is 17.4 Å². The Hall–Kier alpha value is -1.86. The van der Waals surface area contributed by atoms with Crippen molar-refractivity contribution in [1.82, 2.24) is 4.98 Å². The highest BCUT2D eigenvalue weighted by atomic mass is 32.1. The monoisotopic (exact) mass is 272 g/mol. The van der Waals surface area contributed by atoms with Crippen LogP contribution in [0.4, 0.5) is 0 Å². The van der Waals surface area contributed by atoms with E-state index >= 15 is 0 Å². The van der Waals surface area contributed by atoms with Crippen molar-refractivity contribution in [3.63, 3.8) is 0 Å². The van der Waals surface area contributed by atoms with Crippen LogP contribution < -0.4 is 4.74 Å². The van der Waals surface area contributed by atoms with E-state index in [-0.39, 0.29) is 0 Å². The predicted molar refractivity (Wildman–Crippen MR) is 76.3 cm³/mol. The first-order chi connectivity index (χ1) is 9.24. The third kappa shape index (κ3) is 3.33. The van der Waals surface area contributed by atoms with E-state index in [4.69, 9.17) is 10.00 Å². The van der Waals surface area contributed by atoms with Crippen LogP contribution in [0.3, 0.4) is 0 Å². The molecule has 0 radical (unpaired) electrons. The number of hydrogen-bond acceptors (Lipinski definition) is 4. The highest BCUT2D eigenvalue weighted by Crippen LogP contribution is 2.23. The minimum absolute atomic E-state index is 0.436. The summed E-state index contributed by atoms with van der Waals surface area (Å²) in [5, 5.41) is 9.73. The van der Waals surface area contributed by atoms with Gasteiger partial charge in [-0.25, -0.2) is 4.98 Å². The Morgan fingerprint density at radius 1 is 1.37 bits per heavy atom. The Morgan fingerprint density at radius 3 is 2.84 bits per heavy atom. The van der Waals surface area contributed by atoms with Crippen molar-refractivity contribution < 1.29 is 4.74 Å². The summed E-state index contributed by atoms with van der Waals surface area (Å²) in [6.45, 7) is 4.55. The fraction of sp³-hybridized carbons (Fsp3) is 0.333. The average molecular weight is 272 g/mol. The van der Waals surface area contributed by atoms with Gasteiger partial charge in [-0.15, -0.1) is 11.3 Å². The highest BCUT2D eigenvalue weighted by molar-refractivity contribution is 7.11. The van der Waals surface area contributed by atoms with Gasteiger partial charge in [0.25, 0.3) is 0 Å². The summed E-state index contributed by atoms with van der Waals surface area (Å²) < 4.78 is 5.78. The molecule has 1 aromatic heterocycles. The lowest BCUT2D eigenvalue weighted by Gasteiger charge is -2.06. The van der Waals surface area contributed by atoms with Crippen molar-refractivity contribution in [1.29, 1.82) is 5.26 Å². The van der Waals surface area contributed by atoms with Gasteiger partial charge in [-0.3, -0.25) is 0 Å². The number of nitriles is 1. The lowest BCUT2D eigenvalue weighted by molar-refractivity contribution is 0.303. The molecule has 0 saturated carbocycles. The van der Waals surface area contributed by atoms with E-state index in [2.05, 4.69) is 18.0 Å². The number of para-hydroxylation sites is 1. The molecule has 4 heteroatoms. The van der Waals surface area contributed by atoms with Crippen LogP contribution in [-0.2, 0) is 19.4 Å². The van der Waals surface area contributed by atoms with Gasteiger partial charge in [0.15, 0.2) is 0 Å². The zero-order valence-electron chi connectivity index (χ0n) is 11.1. The lowest BCUT2D eigenvalue weighted by atomic mass is 10.2. The SMILES string of the molecule is CCc1nc(COc2ccccc2C)sc1CC#N. The first kappa shape index (κ1) is 13.6. The Balaban J connectivity index is 2.08. The smallest absolute Gasteiger partial charge is 0.140 e. The fourth-order valence-corrected chi connectivity index (χ4v) is 2.85. The van der Waals surface area contributed by atoms with Crippen molar-refractivity contribution in [3.8, 4) is 11.8 Å². The maximum Gasteiger partial charge on any atom is 0.140 e. The molecule has 0 amide bonds. The number of ether oxygens (including phenoxy) is 1. The van der Waals surface area contributed by atoms with Crippen molar-refractivity contribution in [2.24, 2.45) is 0 Å². The normalized spacial score (nSPS) is 10.2. The number of rotatable bonds is 5. The summed E-state index contributed by atoms with van der Waals surface area (Å²) in [5.41, 5.74) is 2.14. The van der Waals surface area contributed by atoms with Crippen LogP contribution in [0, 0.1) is 18.3 Å². The molecule has 2 aromatic rings. The van der Waals surface area contributed by atoms with E-state index in [1.807, 2.05) is 31.2 Å². The molecule has 0 aliphatic rings. The molecular formula is C15H16N2OS. The number of aryl methyl sites for hydroxylation is 2. The van der Waals surface area contributed by atoms with Gasteiger partial charge in [0.05, 0.1) is 18.2 Å². The van der Waals surface area contributed by atoms with Crippen LogP contribution in [-0.4, -0.2) is 4.98 Å². The zero-order valence-corrected chi connectivity index (χ0v) is 12.0. The van der Waals surface area contributed by atoms with Crippen LogP contribution in [0.5, 0.6) is 5.75 Å². The summed E-state index contributed by atoms with van der Waals surface area (Å²) in [6, 6.07) is 10.1. The second-order valence-corrected chi connectivity index (χ2v) is 5.39. The molecule has 0 unspecified atom stereocenters. The van der Waals surface area contributed by atoms with E-state index in [1.54, 1.807) is 11.3 Å². The highest BCUT2D eigenvalue weighted by Gasteiger charge is 2.10. The Morgan fingerprint density at radius 2 is 2.16 bits per heavy atom. The number of hydrogen-bond donors (Lipinski definition) is 0. The first-order valence-electron chi connectivity index (χ1n) is 6.27. The second-order valence-electron chi connectivity index (χ2n) is 4.22. The molecule has 0 N–H and O–H groups in total. The van der Waals surface area contributed by atoms with Gasteiger partial charge in [0, 0.05) is 4.88 Å². The average Bonchev–Trinajstić information content (AvgIpc) is 2.81. The minimum Gasteiger partial charge on any atom is -0.486 e. The summed E-state index contributed by atoms with van der Waals surface area (Å²) >= 11 is 1.58. The zero-order chi connectivity index (χ0) is 13.7. The summed E-state index contributed by atoms with van der Waals surface area (Å²) in [4.78, 5) is 5.60. The van der Waals surface area contributed by atoms with Crippen LogP contribution in [0.25, 0.3) is 0 Å². The molecule has 19 heavy (non-hydrogen) atoms. The molecule has 1 aromatic carbocycles. The maximum absolute atomic E-state index is 8.79. The molecule has 0 aliphatic heterocycles. The summed E-state index contributed by atoms with van der Waals surface area (Å²) in [7, 11) is 0. The standard InChI is InChI=1S/C15H16N2OS/c1-3-12-14(8-9-16)19-15(17-12)10-18-13-7-5-4-6-11(13)2/h4-7H,3,8,10H2,1-2H3. The van der Waals surface area contributed by atoms with Gasteiger partial charge in [-0.1, -0.05) is 25.1 Å². The molecule has 0 atom stereocenters. The molecule has 3 nitrogen and oxygen atoms in total. The third-order valence-corrected chi connectivity index (χ3v) is 3.91. The number of aromatic nitrogens is 1. The van der Waals surface area contributed by atoms with E-state index in [0.29, 0.717) is 13.0 Å². The lowest BCUT2D eigenvalue weighted by Crippen LogP contribution is -1.96. The van der Waals surface area contributed by atoms with Crippen molar-refractivity contribution >= 4 is 11.3 Å². The van der Waals surface area contributed by atoms with Gasteiger partial charge in [0.2, 0.25) is 0 Å². The van der Waals surface area contributed by atoms with Gasteiger partial charge in [-0.2, -0.15) is 5.26 Å². The van der Waals surface area contributed by atoms with Crippen LogP contribution in [0.2, 0.25) is 0 Å². The first-order valence-corrected chi connectivity index (χ1v) is 7.09. The molecule has 0 aliphatic carbocycles. The number of nitrogens with zero attached hydrogens (tertiary/aromatic N) is 2. The van der Waals surface area contributed by atoms with E-state index in [1.165, 1.54) is 0 Å². The molecule has 2 rings (SSSR count). The Labute approximate surface area is 117 Å². The third-order valence-electron chi connectivity index (χ3n) is 2.84. The largest absolute Gasteiger partial charge is 0.486 e. The predicted octanol–water partition coefficient (Wildman–Crippen LogP) is 3.66. The topological polar surface area (TPSA) is 45.9 Å². The van der Waals surface area contributed by atoms with Crippen LogP contribution in [0.1, 0.15) is 28.1 Å². The van der Waals surface area contributed by atoms with Crippen LogP contribution in [0.15, 0.2) is 24.3 Å². The second kappa shape index (κ2) is 6.35. The molecule has 0 spiro atoms. The van der Waals surface area contributed by atoms with Crippen molar-refractivity contribution in [2.75, 3.05) is 0 Å². The molecular weight excluding hydrogens is 256 g/mol. The number of thiazole rings is 1. The fourth-order valence-electron chi connectivity index (χ4n) is 1.84. The van der Waals surface area contributed by atoms with Gasteiger partial charge < -0.3 is 4.74 Å². The number of benzene rings is 1. The molecule has 98 valence electrons. The summed E-state index contributed by atoms with van der Waals surface area (Å²) in [5.74, 6) is 0.887. The molecule has 0 bridgehead atoms. The quantitative estimate of drug-likeness (QED) is 0.834. The van der Waals surface area contributed by atoms with Gasteiger partial charge >= 0.3 is 0 Å². The van der Waals surface area contributed by atoms with Crippen molar-refractivity contribution in [2.45, 2.75) is 33.3 Å². The molecule has 1 heterocycles. The summed E-state index contributed by atoms with van der Waals surface area (Å²) in [6.07, 6.45) is 1.29. The maximum atomic E-state index is 8.79. The van der Waals surface area contributed by atoms with E-state index in [9.17, 15) is 0 Å². The van der Waals surface area contributed by atoms with E-state index in [0.717, 1.165) is 33.3 Å². The van der Waals surface area contributed by atoms with Gasteiger partial charge in [-0.05, 0) is 25.0 Å². The molecule has 0 fully saturated rings. The Kier molecular flexibility index (Phi) is 4.53. The Bertz CT molecular complexity index is 598. The molecule has 0 saturated heterocycles. The minimum atomic E-state index is 0.436. The van der Waals surface area contributed by atoms with Crippen molar-refractivity contribution in [3.05, 3.63) is 45.4 Å². The van der Waals surface area contributed by atoms with E-state index < -0.39 is 0 Å². The van der Waals surface area contributed by atoms with Crippen LogP contribution >= 0.6 is 11.3 Å².